The number of carbonyl (C=O) groups is 2. The van der Waals surface area contributed by atoms with Gasteiger partial charge >= 0.3 is 0 Å². The highest BCUT2D eigenvalue weighted by molar-refractivity contribution is 5.96. The minimum Gasteiger partial charge on any atom is -0.324 e. The van der Waals surface area contributed by atoms with Gasteiger partial charge in [-0.25, -0.2) is 9.37 Å². The van der Waals surface area contributed by atoms with Crippen LogP contribution in [-0.2, 0) is 9.59 Å². The monoisotopic (exact) mass is 339 g/mol. The van der Waals surface area contributed by atoms with Crippen molar-refractivity contribution in [2.75, 3.05) is 10.6 Å². The molecule has 0 saturated heterocycles. The molecule has 2 saturated carbocycles. The van der Waals surface area contributed by atoms with Crippen LogP contribution in [0.3, 0.4) is 0 Å². The number of aromatic nitrogens is 1. The van der Waals surface area contributed by atoms with E-state index in [9.17, 15) is 14.0 Å². The van der Waals surface area contributed by atoms with E-state index < -0.39 is 0 Å². The van der Waals surface area contributed by atoms with Crippen molar-refractivity contribution < 1.29 is 14.0 Å². The Labute approximate surface area is 144 Å². The van der Waals surface area contributed by atoms with Crippen molar-refractivity contribution in [3.05, 3.63) is 54.0 Å². The van der Waals surface area contributed by atoms with Crippen LogP contribution in [0.4, 0.5) is 15.9 Å². The van der Waals surface area contributed by atoms with E-state index in [4.69, 9.17) is 0 Å². The van der Waals surface area contributed by atoms with E-state index in [-0.39, 0.29) is 35.4 Å². The summed E-state index contributed by atoms with van der Waals surface area (Å²) in [6.45, 7) is 0. The van der Waals surface area contributed by atoms with Gasteiger partial charge in [-0.2, -0.15) is 0 Å². The third-order valence-electron chi connectivity index (χ3n) is 4.63. The van der Waals surface area contributed by atoms with Crippen LogP contribution >= 0.6 is 0 Å². The van der Waals surface area contributed by atoms with Crippen molar-refractivity contribution in [2.24, 2.45) is 11.8 Å². The van der Waals surface area contributed by atoms with Gasteiger partial charge in [0.05, 0.1) is 11.9 Å². The average Bonchev–Trinajstić information content (AvgIpc) is 3.48. The van der Waals surface area contributed by atoms with Gasteiger partial charge in [0, 0.05) is 11.8 Å². The lowest BCUT2D eigenvalue weighted by Gasteiger charge is -2.07. The summed E-state index contributed by atoms with van der Waals surface area (Å²) < 4.78 is 13.3. The smallest absolute Gasteiger partial charge is 0.228 e. The van der Waals surface area contributed by atoms with Crippen LogP contribution < -0.4 is 10.6 Å². The number of pyridine rings is 1. The highest BCUT2D eigenvalue weighted by atomic mass is 19.1. The van der Waals surface area contributed by atoms with Crippen molar-refractivity contribution in [1.82, 2.24) is 4.98 Å². The fourth-order valence-electron chi connectivity index (χ4n) is 2.94. The second kappa shape index (κ2) is 6.27. The van der Waals surface area contributed by atoms with E-state index in [0.717, 1.165) is 24.8 Å². The van der Waals surface area contributed by atoms with Crippen LogP contribution in [0.5, 0.6) is 0 Å². The van der Waals surface area contributed by atoms with Gasteiger partial charge in [-0.1, -0.05) is 12.1 Å². The maximum Gasteiger partial charge on any atom is 0.228 e. The van der Waals surface area contributed by atoms with Gasteiger partial charge in [-0.3, -0.25) is 9.59 Å². The lowest BCUT2D eigenvalue weighted by Crippen LogP contribution is -2.16. The fourth-order valence-corrected chi connectivity index (χ4v) is 2.94. The Morgan fingerprint density at radius 3 is 2.60 bits per heavy atom. The Hall–Kier alpha value is -2.76. The van der Waals surface area contributed by atoms with Gasteiger partial charge in [-0.05, 0) is 55.0 Å². The van der Waals surface area contributed by atoms with E-state index in [1.165, 1.54) is 18.3 Å². The van der Waals surface area contributed by atoms with Crippen molar-refractivity contribution >= 4 is 23.3 Å². The van der Waals surface area contributed by atoms with Crippen molar-refractivity contribution in [2.45, 2.75) is 25.2 Å². The Morgan fingerprint density at radius 2 is 1.92 bits per heavy atom. The number of rotatable bonds is 5. The Balaban J connectivity index is 1.33. The molecule has 0 bridgehead atoms. The second-order valence-corrected chi connectivity index (χ2v) is 6.69. The highest BCUT2D eigenvalue weighted by Gasteiger charge is 2.44. The molecule has 1 aromatic heterocycles. The molecule has 2 aliphatic carbocycles. The molecule has 2 fully saturated rings. The first-order chi connectivity index (χ1) is 12.1. The molecular formula is C19H18FN3O2. The normalized spacial score (nSPS) is 21.5. The number of amides is 2. The Kier molecular flexibility index (Phi) is 3.95. The summed E-state index contributed by atoms with van der Waals surface area (Å²) >= 11 is 0. The highest BCUT2D eigenvalue weighted by Crippen LogP contribution is 2.48. The lowest BCUT2D eigenvalue weighted by molar-refractivity contribution is -0.118. The predicted molar refractivity (Wildman–Crippen MR) is 91.5 cm³/mol. The van der Waals surface area contributed by atoms with Crippen molar-refractivity contribution in [3.8, 4) is 0 Å². The molecule has 0 spiro atoms. The van der Waals surface area contributed by atoms with E-state index in [1.807, 2.05) is 6.07 Å². The summed E-state index contributed by atoms with van der Waals surface area (Å²) in [6.07, 6.45) is 4.12. The van der Waals surface area contributed by atoms with Gasteiger partial charge in [0.1, 0.15) is 11.6 Å². The van der Waals surface area contributed by atoms with Gasteiger partial charge in [0.15, 0.2) is 0 Å². The molecular weight excluding hydrogens is 321 g/mol. The third-order valence-corrected chi connectivity index (χ3v) is 4.63. The molecule has 6 heteroatoms. The molecule has 0 radical (unpaired) electrons. The van der Waals surface area contributed by atoms with Crippen molar-refractivity contribution in [3.63, 3.8) is 0 Å². The standard InChI is InChI=1S/C19H18FN3O2/c20-13-3-1-2-12(8-13)15-9-16(15)19(25)22-14-6-7-17(21-10-14)23-18(24)11-4-5-11/h1-3,6-8,10-11,15-16H,4-5,9H2,(H,22,25)(H,21,23,24)/t15-,16-/m1/s1. The first kappa shape index (κ1) is 15.7. The molecule has 5 nitrogen and oxygen atoms in total. The molecule has 0 aliphatic heterocycles. The van der Waals surface area contributed by atoms with Crippen LogP contribution in [0, 0.1) is 17.7 Å². The number of hydrogen-bond donors (Lipinski definition) is 2. The summed E-state index contributed by atoms with van der Waals surface area (Å²) in [4.78, 5) is 28.1. The zero-order valence-corrected chi connectivity index (χ0v) is 13.5. The van der Waals surface area contributed by atoms with Crippen molar-refractivity contribution in [1.29, 1.82) is 0 Å². The average molecular weight is 339 g/mol. The van der Waals surface area contributed by atoms with E-state index in [1.54, 1.807) is 18.2 Å². The Morgan fingerprint density at radius 1 is 1.08 bits per heavy atom. The van der Waals surface area contributed by atoms with Gasteiger partial charge in [0.2, 0.25) is 11.8 Å². The van der Waals surface area contributed by atoms with E-state index in [0.29, 0.717) is 11.5 Å². The van der Waals surface area contributed by atoms with E-state index >= 15 is 0 Å². The van der Waals surface area contributed by atoms with Gasteiger partial charge in [0.25, 0.3) is 0 Å². The minimum atomic E-state index is -0.281. The van der Waals surface area contributed by atoms with Crippen LogP contribution in [0.15, 0.2) is 42.6 Å². The predicted octanol–water partition coefficient (Wildman–Crippen LogP) is 3.31. The number of anilines is 2. The molecule has 2 aliphatic rings. The summed E-state index contributed by atoms with van der Waals surface area (Å²) in [5, 5.41) is 5.58. The molecule has 4 rings (SSSR count). The zero-order valence-electron chi connectivity index (χ0n) is 13.5. The topological polar surface area (TPSA) is 71.1 Å². The van der Waals surface area contributed by atoms with E-state index in [2.05, 4.69) is 15.6 Å². The SMILES string of the molecule is O=C(Nc1ccc(NC(=O)[C@@H]2C[C@@H]2c2cccc(F)c2)cn1)C1CC1. The molecule has 128 valence electrons. The minimum absolute atomic E-state index is 0.000186. The first-order valence-electron chi connectivity index (χ1n) is 8.43. The fraction of sp³-hybridized carbons (Fsp3) is 0.316. The quantitative estimate of drug-likeness (QED) is 0.878. The zero-order chi connectivity index (χ0) is 17.4. The number of hydrogen-bond acceptors (Lipinski definition) is 3. The molecule has 2 aromatic rings. The lowest BCUT2D eigenvalue weighted by atomic mass is 10.1. The number of halogens is 1. The van der Waals surface area contributed by atoms with Gasteiger partial charge in [-0.15, -0.1) is 0 Å². The summed E-state index contributed by atoms with van der Waals surface area (Å²) in [6, 6.07) is 9.78. The van der Waals surface area contributed by atoms with Crippen LogP contribution in [0.1, 0.15) is 30.7 Å². The van der Waals surface area contributed by atoms with Gasteiger partial charge < -0.3 is 10.6 Å². The first-order valence-corrected chi connectivity index (χ1v) is 8.43. The van der Waals surface area contributed by atoms with Crippen LogP contribution in [-0.4, -0.2) is 16.8 Å². The molecule has 2 N–H and O–H groups in total. The third kappa shape index (κ3) is 3.68. The molecule has 2 atom stereocenters. The second-order valence-electron chi connectivity index (χ2n) is 6.69. The maximum atomic E-state index is 13.3. The van der Waals surface area contributed by atoms with Crippen LogP contribution in [0.25, 0.3) is 0 Å². The molecule has 1 heterocycles. The molecule has 0 unspecified atom stereocenters. The Bertz CT molecular complexity index is 818. The molecule has 2 amide bonds. The summed E-state index contributed by atoms with van der Waals surface area (Å²) in [5.74, 6) is 0.161. The largest absolute Gasteiger partial charge is 0.324 e. The maximum absolute atomic E-state index is 13.3. The summed E-state index contributed by atoms with van der Waals surface area (Å²) in [5.41, 5.74) is 1.44. The van der Waals surface area contributed by atoms with Crippen LogP contribution in [0.2, 0.25) is 0 Å². The summed E-state index contributed by atoms with van der Waals surface area (Å²) in [7, 11) is 0. The number of nitrogens with zero attached hydrogens (tertiary/aromatic N) is 1. The number of nitrogens with one attached hydrogen (secondary N) is 2. The number of carbonyl (C=O) groups excluding carboxylic acids is 2. The molecule has 25 heavy (non-hydrogen) atoms. The number of benzene rings is 1. The molecule has 1 aromatic carbocycles.